The molecule has 5 rings (SSSR count). The summed E-state index contributed by atoms with van der Waals surface area (Å²) >= 11 is 0. The maximum Gasteiger partial charge on any atom is 0.242 e. The van der Waals surface area contributed by atoms with Crippen molar-refractivity contribution in [3.05, 3.63) is 72.4 Å². The van der Waals surface area contributed by atoms with Crippen LogP contribution in [0.4, 0.5) is 11.5 Å². The summed E-state index contributed by atoms with van der Waals surface area (Å²) < 4.78 is 34.8. The van der Waals surface area contributed by atoms with Crippen LogP contribution in [0.25, 0.3) is 10.9 Å². The molecule has 1 saturated heterocycles. The fraction of sp³-hybridized carbons (Fsp3) is 0.321. The summed E-state index contributed by atoms with van der Waals surface area (Å²) in [5, 5.41) is 22.1. The van der Waals surface area contributed by atoms with Gasteiger partial charge in [-0.3, -0.25) is 4.68 Å². The van der Waals surface area contributed by atoms with E-state index in [1.165, 1.54) is 18.4 Å². The molecule has 0 radical (unpaired) electrons. The van der Waals surface area contributed by atoms with E-state index in [-0.39, 0.29) is 4.90 Å². The molecule has 1 fully saturated rings. The van der Waals surface area contributed by atoms with Gasteiger partial charge < -0.3 is 15.4 Å². The first-order valence-electron chi connectivity index (χ1n) is 12.8. The van der Waals surface area contributed by atoms with E-state index in [4.69, 9.17) is 9.84 Å². The normalized spacial score (nSPS) is 15.2. The van der Waals surface area contributed by atoms with Crippen molar-refractivity contribution < 1.29 is 13.2 Å². The Morgan fingerprint density at radius 3 is 2.62 bits per heavy atom. The summed E-state index contributed by atoms with van der Waals surface area (Å²) in [6.07, 6.45) is 3.49. The van der Waals surface area contributed by atoms with Crippen LogP contribution in [0.15, 0.2) is 71.8 Å². The maximum absolute atomic E-state index is 12.8. The number of aromatic nitrogens is 3. The third-order valence-corrected chi connectivity index (χ3v) is 8.86. The first-order valence-corrected chi connectivity index (χ1v) is 14.2. The van der Waals surface area contributed by atoms with Gasteiger partial charge in [-0.05, 0) is 55.8 Å². The highest BCUT2D eigenvalue weighted by molar-refractivity contribution is 7.89. The lowest BCUT2D eigenvalue weighted by atomic mass is 9.85. The molecule has 11 heteroatoms. The summed E-state index contributed by atoms with van der Waals surface area (Å²) in [5.41, 5.74) is 1.86. The molecule has 4 aromatic rings. The highest BCUT2D eigenvalue weighted by Gasteiger charge is 2.37. The van der Waals surface area contributed by atoms with Crippen molar-refractivity contribution in [2.75, 3.05) is 32.5 Å². The summed E-state index contributed by atoms with van der Waals surface area (Å²) in [4.78, 5) is 4.70. The quantitative estimate of drug-likeness (QED) is 0.323. The number of pyridine rings is 1. The van der Waals surface area contributed by atoms with Crippen LogP contribution >= 0.6 is 0 Å². The predicted octanol–water partition coefficient (Wildman–Crippen LogP) is 4.00. The van der Waals surface area contributed by atoms with E-state index >= 15 is 0 Å². The minimum Gasteiger partial charge on any atom is -0.472 e. The molecule has 39 heavy (non-hydrogen) atoms. The van der Waals surface area contributed by atoms with Gasteiger partial charge in [0, 0.05) is 26.0 Å². The summed E-state index contributed by atoms with van der Waals surface area (Å²) in [5.74, 6) is 0.889. The molecule has 0 saturated carbocycles. The lowest BCUT2D eigenvalue weighted by Gasteiger charge is -2.36. The van der Waals surface area contributed by atoms with E-state index in [0.717, 1.165) is 37.0 Å². The molecule has 3 heterocycles. The van der Waals surface area contributed by atoms with Crippen LogP contribution in [0.3, 0.4) is 0 Å². The van der Waals surface area contributed by atoms with Gasteiger partial charge in [0.25, 0.3) is 0 Å². The minimum atomic E-state index is -3.62. The minimum absolute atomic E-state index is 0.166. The van der Waals surface area contributed by atoms with Gasteiger partial charge in [-0.1, -0.05) is 36.4 Å². The number of ether oxygens (including phenoxy) is 1. The van der Waals surface area contributed by atoms with Crippen molar-refractivity contribution in [3.8, 4) is 11.9 Å². The number of fused-ring (bicyclic) bond motifs is 1. The number of nitriles is 1. The Labute approximate surface area is 228 Å². The molecule has 2 N–H and O–H groups in total. The first kappa shape index (κ1) is 26.6. The average Bonchev–Trinajstić information content (AvgIpc) is 3.33. The number of rotatable bonds is 9. The van der Waals surface area contributed by atoms with E-state index in [1.807, 2.05) is 41.1 Å². The molecule has 2 aromatic heterocycles. The monoisotopic (exact) mass is 545 g/mol. The zero-order chi connectivity index (χ0) is 27.5. The molecule has 0 aliphatic carbocycles. The van der Waals surface area contributed by atoms with Crippen LogP contribution in [0, 0.1) is 11.3 Å². The third-order valence-electron chi connectivity index (χ3n) is 7.04. The van der Waals surface area contributed by atoms with Crippen LogP contribution in [0.2, 0.25) is 0 Å². The van der Waals surface area contributed by atoms with Crippen molar-refractivity contribution >= 4 is 32.4 Å². The molecule has 0 atom stereocenters. The number of benzene rings is 2. The van der Waals surface area contributed by atoms with Gasteiger partial charge in [0.1, 0.15) is 12.0 Å². The number of anilines is 2. The highest BCUT2D eigenvalue weighted by Crippen LogP contribution is 2.40. The lowest BCUT2D eigenvalue weighted by molar-refractivity contribution is 0.197. The van der Waals surface area contributed by atoms with Crippen molar-refractivity contribution in [2.24, 2.45) is 0 Å². The van der Waals surface area contributed by atoms with Crippen LogP contribution in [0.5, 0.6) is 5.88 Å². The van der Waals surface area contributed by atoms with Gasteiger partial charge in [-0.2, -0.15) is 10.4 Å². The molecule has 1 aliphatic heterocycles. The molecule has 0 unspecified atom stereocenters. The summed E-state index contributed by atoms with van der Waals surface area (Å²) in [6.45, 7) is 1.87. The fourth-order valence-electron chi connectivity index (χ4n) is 4.91. The Kier molecular flexibility index (Phi) is 7.52. The SMILES string of the molecule is CN(C)S(=O)(=O)c1cccc(Nc2nn(C3(CC#N)CCNCC3)c3ccnc(OCc4ccccc4)c23)c1. The second kappa shape index (κ2) is 11.0. The molecular weight excluding hydrogens is 514 g/mol. The topological polar surface area (TPSA) is 125 Å². The molecule has 10 nitrogen and oxygen atoms in total. The smallest absolute Gasteiger partial charge is 0.242 e. The Bertz CT molecular complexity index is 1610. The Morgan fingerprint density at radius 1 is 1.13 bits per heavy atom. The molecule has 0 amide bonds. The van der Waals surface area contributed by atoms with E-state index in [2.05, 4.69) is 21.7 Å². The van der Waals surface area contributed by atoms with Gasteiger partial charge in [-0.25, -0.2) is 17.7 Å². The van der Waals surface area contributed by atoms with Crippen LogP contribution in [0.1, 0.15) is 24.8 Å². The van der Waals surface area contributed by atoms with E-state index in [9.17, 15) is 13.7 Å². The zero-order valence-electron chi connectivity index (χ0n) is 22.0. The lowest BCUT2D eigenvalue weighted by Crippen LogP contribution is -2.44. The number of hydrogen-bond acceptors (Lipinski definition) is 8. The molecular formula is C28H31N7O3S. The van der Waals surface area contributed by atoms with Crippen molar-refractivity contribution in [3.63, 3.8) is 0 Å². The molecule has 202 valence electrons. The van der Waals surface area contributed by atoms with Gasteiger partial charge in [-0.15, -0.1) is 0 Å². The standard InChI is InChI=1S/C28H31N7O3S/c1-34(2)39(36,37)23-10-6-9-22(19-23)32-26-25-24(35(33-26)28(12-15-29)13-17-30-18-14-28)11-16-31-27(25)38-20-21-7-4-3-5-8-21/h3-11,16,19,30H,12-14,17-18,20H2,1-2H3,(H,32,33). The molecule has 1 aliphatic rings. The van der Waals surface area contributed by atoms with Gasteiger partial charge in [0.05, 0.1) is 28.4 Å². The van der Waals surface area contributed by atoms with Crippen LogP contribution in [-0.4, -0.2) is 54.7 Å². The average molecular weight is 546 g/mol. The van der Waals surface area contributed by atoms with Gasteiger partial charge >= 0.3 is 0 Å². The Hall–Kier alpha value is -3.98. The molecule has 2 aromatic carbocycles. The van der Waals surface area contributed by atoms with Crippen LogP contribution in [-0.2, 0) is 22.2 Å². The first-order chi connectivity index (χ1) is 18.8. The number of nitrogens with zero attached hydrogens (tertiary/aromatic N) is 5. The van der Waals surface area contributed by atoms with Crippen molar-refractivity contribution in [1.29, 1.82) is 5.26 Å². The number of hydrogen-bond donors (Lipinski definition) is 2. The zero-order valence-corrected chi connectivity index (χ0v) is 22.8. The maximum atomic E-state index is 12.8. The van der Waals surface area contributed by atoms with E-state index < -0.39 is 15.6 Å². The summed E-state index contributed by atoms with van der Waals surface area (Å²) in [7, 11) is -0.622. The third kappa shape index (κ3) is 5.31. The largest absolute Gasteiger partial charge is 0.472 e. The Morgan fingerprint density at radius 2 is 1.90 bits per heavy atom. The highest BCUT2D eigenvalue weighted by atomic mass is 32.2. The molecule has 0 spiro atoms. The second-order valence-corrected chi connectivity index (χ2v) is 11.9. The predicted molar refractivity (Wildman–Crippen MR) is 149 cm³/mol. The number of sulfonamides is 1. The Balaban J connectivity index is 1.62. The van der Waals surface area contributed by atoms with E-state index in [0.29, 0.717) is 35.8 Å². The second-order valence-electron chi connectivity index (χ2n) is 9.79. The summed E-state index contributed by atoms with van der Waals surface area (Å²) in [6, 6.07) is 20.7. The van der Waals surface area contributed by atoms with E-state index in [1.54, 1.807) is 30.5 Å². The van der Waals surface area contributed by atoms with Crippen molar-refractivity contribution in [1.82, 2.24) is 24.4 Å². The van der Waals surface area contributed by atoms with Crippen LogP contribution < -0.4 is 15.4 Å². The number of nitrogens with one attached hydrogen (secondary N) is 2. The molecule has 0 bridgehead atoms. The van der Waals surface area contributed by atoms with Crippen molar-refractivity contribution in [2.45, 2.75) is 36.3 Å². The van der Waals surface area contributed by atoms with Gasteiger partial charge in [0.2, 0.25) is 15.9 Å². The number of piperidine rings is 1. The van der Waals surface area contributed by atoms with Gasteiger partial charge in [0.15, 0.2) is 5.82 Å². The fourth-order valence-corrected chi connectivity index (χ4v) is 5.85.